The molecule has 0 spiro atoms. The van der Waals surface area contributed by atoms with Gasteiger partial charge in [0.25, 0.3) is 0 Å². The van der Waals surface area contributed by atoms with Gasteiger partial charge in [0.05, 0.1) is 12.0 Å². The number of carbonyl (C=O) groups is 1. The van der Waals surface area contributed by atoms with Crippen molar-refractivity contribution in [1.82, 2.24) is 0 Å². The third kappa shape index (κ3) is 3.65. The lowest BCUT2D eigenvalue weighted by Crippen LogP contribution is -2.31. The van der Waals surface area contributed by atoms with Gasteiger partial charge < -0.3 is 10.2 Å². The van der Waals surface area contributed by atoms with Crippen LogP contribution in [0.15, 0.2) is 24.3 Å². The molecule has 1 aromatic rings. The monoisotopic (exact) mass is 290 g/mol. The lowest BCUT2D eigenvalue weighted by Gasteiger charge is -2.32. The van der Waals surface area contributed by atoms with Crippen LogP contribution in [0, 0.1) is 11.8 Å². The Kier molecular flexibility index (Phi) is 4.72. The lowest BCUT2D eigenvalue weighted by atomic mass is 9.74. The molecule has 1 aromatic carbocycles. The molecule has 3 atom stereocenters. The Labute approximate surface area is 127 Å². The summed E-state index contributed by atoms with van der Waals surface area (Å²) in [6.07, 6.45) is 2.74. The van der Waals surface area contributed by atoms with E-state index in [1.165, 1.54) is 5.56 Å². The van der Waals surface area contributed by atoms with Gasteiger partial charge in [-0.25, -0.2) is 0 Å². The van der Waals surface area contributed by atoms with Crippen molar-refractivity contribution in [1.29, 1.82) is 0 Å². The van der Waals surface area contributed by atoms with E-state index in [0.29, 0.717) is 6.42 Å². The first-order valence-corrected chi connectivity index (χ1v) is 7.82. The van der Waals surface area contributed by atoms with E-state index < -0.39 is 18.0 Å². The van der Waals surface area contributed by atoms with Gasteiger partial charge in [0.2, 0.25) is 0 Å². The molecule has 1 aliphatic carbocycles. The van der Waals surface area contributed by atoms with Crippen LogP contribution in [0.5, 0.6) is 0 Å². The van der Waals surface area contributed by atoms with Crippen LogP contribution in [-0.4, -0.2) is 16.2 Å². The molecule has 21 heavy (non-hydrogen) atoms. The predicted octanol–water partition coefficient (Wildman–Crippen LogP) is 3.91. The zero-order valence-electron chi connectivity index (χ0n) is 13.2. The first kappa shape index (κ1) is 16.0. The van der Waals surface area contributed by atoms with Gasteiger partial charge in [-0.3, -0.25) is 4.79 Å². The van der Waals surface area contributed by atoms with Crippen molar-refractivity contribution in [2.45, 2.75) is 58.0 Å². The second kappa shape index (κ2) is 6.18. The fourth-order valence-electron chi connectivity index (χ4n) is 3.27. The summed E-state index contributed by atoms with van der Waals surface area (Å²) in [7, 11) is 0. The van der Waals surface area contributed by atoms with Crippen molar-refractivity contribution in [3.8, 4) is 0 Å². The van der Waals surface area contributed by atoms with Gasteiger partial charge >= 0.3 is 5.97 Å². The molecule has 0 heterocycles. The second-order valence-corrected chi connectivity index (χ2v) is 7.21. The summed E-state index contributed by atoms with van der Waals surface area (Å²) in [5.41, 5.74) is 2.14. The van der Waals surface area contributed by atoms with Crippen LogP contribution in [0.1, 0.15) is 63.7 Å². The number of aliphatic hydroxyl groups is 1. The Morgan fingerprint density at radius 2 is 1.71 bits per heavy atom. The fraction of sp³-hybridized carbons (Fsp3) is 0.611. The number of rotatable bonds is 3. The maximum absolute atomic E-state index is 11.4. The van der Waals surface area contributed by atoms with Gasteiger partial charge in [0.1, 0.15) is 0 Å². The van der Waals surface area contributed by atoms with E-state index >= 15 is 0 Å². The van der Waals surface area contributed by atoms with E-state index in [-0.39, 0.29) is 11.3 Å². The summed E-state index contributed by atoms with van der Waals surface area (Å²) in [4.78, 5) is 11.4. The normalized spacial score (nSPS) is 24.6. The van der Waals surface area contributed by atoms with Crippen molar-refractivity contribution in [3.63, 3.8) is 0 Å². The quantitative estimate of drug-likeness (QED) is 0.887. The Morgan fingerprint density at radius 1 is 1.14 bits per heavy atom. The summed E-state index contributed by atoms with van der Waals surface area (Å²) in [5, 5.41) is 19.9. The van der Waals surface area contributed by atoms with Crippen molar-refractivity contribution in [2.75, 3.05) is 0 Å². The minimum absolute atomic E-state index is 0.0813. The van der Waals surface area contributed by atoms with Crippen molar-refractivity contribution in [3.05, 3.63) is 35.4 Å². The van der Waals surface area contributed by atoms with E-state index in [0.717, 1.165) is 24.8 Å². The van der Waals surface area contributed by atoms with Gasteiger partial charge in [-0.2, -0.15) is 0 Å². The Balaban J connectivity index is 2.18. The van der Waals surface area contributed by atoms with Crippen LogP contribution in [0.3, 0.4) is 0 Å². The molecule has 0 radical (unpaired) electrons. The van der Waals surface area contributed by atoms with Crippen LogP contribution in [0.25, 0.3) is 0 Å². The molecule has 0 amide bonds. The summed E-state index contributed by atoms with van der Waals surface area (Å²) < 4.78 is 0. The van der Waals surface area contributed by atoms with Crippen molar-refractivity contribution in [2.24, 2.45) is 11.8 Å². The van der Waals surface area contributed by atoms with E-state index in [4.69, 9.17) is 0 Å². The Hall–Kier alpha value is -1.35. The standard InChI is InChI=1S/C18H26O3/c1-18(2,3)13-10-8-12(9-11-13)16(19)14-6-4-5-7-15(14)17(20)21/h8-11,14-16,19H,4-7H2,1-3H3,(H,20,21). The molecule has 1 aliphatic rings. The lowest BCUT2D eigenvalue weighted by molar-refractivity contribution is -0.147. The largest absolute Gasteiger partial charge is 0.481 e. The third-order valence-corrected chi connectivity index (χ3v) is 4.66. The molecule has 116 valence electrons. The topological polar surface area (TPSA) is 57.5 Å². The zero-order chi connectivity index (χ0) is 15.6. The third-order valence-electron chi connectivity index (χ3n) is 4.66. The van der Waals surface area contributed by atoms with Gasteiger partial charge in [-0.15, -0.1) is 0 Å². The molecule has 0 aliphatic heterocycles. The maximum atomic E-state index is 11.4. The molecule has 0 saturated heterocycles. The summed E-state index contributed by atoms with van der Waals surface area (Å²) in [5.74, 6) is -1.36. The van der Waals surface area contributed by atoms with E-state index in [9.17, 15) is 15.0 Å². The van der Waals surface area contributed by atoms with Crippen LogP contribution in [-0.2, 0) is 10.2 Å². The van der Waals surface area contributed by atoms with E-state index in [2.05, 4.69) is 20.8 Å². The van der Waals surface area contributed by atoms with Gasteiger partial charge in [-0.1, -0.05) is 57.9 Å². The van der Waals surface area contributed by atoms with Gasteiger partial charge in [-0.05, 0) is 29.4 Å². The molecule has 0 bridgehead atoms. The summed E-state index contributed by atoms with van der Waals surface area (Å²) in [6.45, 7) is 6.46. The highest BCUT2D eigenvalue weighted by molar-refractivity contribution is 5.70. The highest BCUT2D eigenvalue weighted by Gasteiger charge is 2.36. The average Bonchev–Trinajstić information content (AvgIpc) is 2.45. The fourth-order valence-corrected chi connectivity index (χ4v) is 3.27. The van der Waals surface area contributed by atoms with Crippen molar-refractivity contribution < 1.29 is 15.0 Å². The first-order valence-electron chi connectivity index (χ1n) is 7.82. The highest BCUT2D eigenvalue weighted by atomic mass is 16.4. The van der Waals surface area contributed by atoms with E-state index in [1.807, 2.05) is 24.3 Å². The molecule has 3 unspecified atom stereocenters. The zero-order valence-corrected chi connectivity index (χ0v) is 13.2. The van der Waals surface area contributed by atoms with Crippen molar-refractivity contribution >= 4 is 5.97 Å². The number of aliphatic carboxylic acids is 1. The second-order valence-electron chi connectivity index (χ2n) is 7.21. The molecule has 3 nitrogen and oxygen atoms in total. The highest BCUT2D eigenvalue weighted by Crippen LogP contribution is 2.39. The SMILES string of the molecule is CC(C)(C)c1ccc(C(O)C2CCCCC2C(=O)O)cc1. The Bertz CT molecular complexity index is 484. The van der Waals surface area contributed by atoms with Gasteiger partial charge in [0, 0.05) is 5.92 Å². The maximum Gasteiger partial charge on any atom is 0.306 e. The van der Waals surface area contributed by atoms with Crippen LogP contribution in [0.4, 0.5) is 0 Å². The number of carboxylic acids is 1. The molecular formula is C18H26O3. The first-order chi connectivity index (χ1) is 9.80. The minimum Gasteiger partial charge on any atom is -0.481 e. The van der Waals surface area contributed by atoms with E-state index in [1.54, 1.807) is 0 Å². The minimum atomic E-state index is -0.773. The molecule has 1 fully saturated rings. The number of hydrogen-bond acceptors (Lipinski definition) is 2. The summed E-state index contributed by atoms with van der Waals surface area (Å²) >= 11 is 0. The Morgan fingerprint density at radius 3 is 2.24 bits per heavy atom. The summed E-state index contributed by atoms with van der Waals surface area (Å²) in [6, 6.07) is 7.96. The predicted molar refractivity (Wildman–Crippen MR) is 83.2 cm³/mol. The molecule has 3 heteroatoms. The molecular weight excluding hydrogens is 264 g/mol. The number of hydrogen-bond donors (Lipinski definition) is 2. The molecule has 2 rings (SSSR count). The number of aliphatic hydroxyl groups excluding tert-OH is 1. The molecule has 0 aromatic heterocycles. The average molecular weight is 290 g/mol. The van der Waals surface area contributed by atoms with Crippen LogP contribution < -0.4 is 0 Å². The van der Waals surface area contributed by atoms with Crippen LogP contribution in [0.2, 0.25) is 0 Å². The number of benzene rings is 1. The van der Waals surface area contributed by atoms with Gasteiger partial charge in [0.15, 0.2) is 0 Å². The smallest absolute Gasteiger partial charge is 0.306 e. The number of carboxylic acid groups (broad SMARTS) is 1. The molecule has 1 saturated carbocycles. The van der Waals surface area contributed by atoms with Crippen LogP contribution >= 0.6 is 0 Å². The molecule has 2 N–H and O–H groups in total.